The molecule has 0 atom stereocenters. The van der Waals surface area contributed by atoms with Gasteiger partial charge in [0.05, 0.1) is 0 Å². The van der Waals surface area contributed by atoms with E-state index in [4.69, 9.17) is 5.73 Å². The molecular formula is C6H9N5OS. The van der Waals surface area contributed by atoms with Crippen LogP contribution in [0.1, 0.15) is 0 Å². The smallest absolute Gasteiger partial charge is 0.192 e. The molecule has 0 aliphatic carbocycles. The van der Waals surface area contributed by atoms with E-state index in [2.05, 4.69) is 20.5 Å². The predicted octanol–water partition coefficient (Wildman–Crippen LogP) is 1.22. The summed E-state index contributed by atoms with van der Waals surface area (Å²) in [6.07, 6.45) is 1.82. The fourth-order valence-electron chi connectivity index (χ4n) is 0.806. The summed E-state index contributed by atoms with van der Waals surface area (Å²) in [4.78, 5) is 18.2. The van der Waals surface area contributed by atoms with E-state index in [-0.39, 0.29) is 11.5 Å². The summed E-state index contributed by atoms with van der Waals surface area (Å²) in [7, 11) is 1.64. The molecule has 13 heavy (non-hydrogen) atoms. The summed E-state index contributed by atoms with van der Waals surface area (Å²) < 4.78 is 0. The van der Waals surface area contributed by atoms with E-state index < -0.39 is 0 Å². The maximum atomic E-state index is 10.3. The van der Waals surface area contributed by atoms with E-state index in [1.165, 1.54) is 11.8 Å². The van der Waals surface area contributed by atoms with Crippen molar-refractivity contribution in [2.75, 3.05) is 24.4 Å². The molecule has 0 saturated heterocycles. The van der Waals surface area contributed by atoms with Crippen LogP contribution in [-0.4, -0.2) is 23.3 Å². The Morgan fingerprint density at radius 1 is 1.54 bits per heavy atom. The lowest BCUT2D eigenvalue weighted by atomic mass is 10.4. The van der Waals surface area contributed by atoms with Gasteiger partial charge in [-0.15, -0.1) is 4.91 Å². The van der Waals surface area contributed by atoms with Crippen molar-refractivity contribution >= 4 is 29.1 Å². The molecule has 0 spiro atoms. The van der Waals surface area contributed by atoms with Crippen molar-refractivity contribution in [3.05, 3.63) is 4.91 Å². The molecule has 6 nitrogen and oxygen atoms in total. The zero-order valence-electron chi connectivity index (χ0n) is 7.24. The summed E-state index contributed by atoms with van der Waals surface area (Å²) in [5.74, 6) is 0.450. The molecular weight excluding hydrogens is 190 g/mol. The van der Waals surface area contributed by atoms with Crippen molar-refractivity contribution in [3.8, 4) is 0 Å². The third kappa shape index (κ3) is 1.86. The van der Waals surface area contributed by atoms with Gasteiger partial charge in [-0.05, 0) is 11.4 Å². The average molecular weight is 199 g/mol. The molecule has 0 unspecified atom stereocenters. The monoisotopic (exact) mass is 199 g/mol. The van der Waals surface area contributed by atoms with Gasteiger partial charge in [0.1, 0.15) is 0 Å². The van der Waals surface area contributed by atoms with Crippen molar-refractivity contribution in [3.63, 3.8) is 0 Å². The molecule has 0 radical (unpaired) electrons. The van der Waals surface area contributed by atoms with E-state index in [0.29, 0.717) is 11.0 Å². The molecule has 0 aromatic carbocycles. The molecule has 3 N–H and O–H groups in total. The van der Waals surface area contributed by atoms with E-state index >= 15 is 0 Å². The van der Waals surface area contributed by atoms with Crippen molar-refractivity contribution in [2.24, 2.45) is 5.18 Å². The summed E-state index contributed by atoms with van der Waals surface area (Å²) in [5, 5.41) is 5.98. The van der Waals surface area contributed by atoms with Crippen LogP contribution >= 0.6 is 11.8 Å². The van der Waals surface area contributed by atoms with Gasteiger partial charge in [0.15, 0.2) is 22.5 Å². The third-order valence-corrected chi connectivity index (χ3v) is 1.95. The summed E-state index contributed by atoms with van der Waals surface area (Å²) in [6.45, 7) is 0. The van der Waals surface area contributed by atoms with E-state index in [9.17, 15) is 4.91 Å². The van der Waals surface area contributed by atoms with Crippen molar-refractivity contribution in [2.45, 2.75) is 5.16 Å². The Balaban J connectivity index is 3.28. The first-order chi connectivity index (χ1) is 6.22. The Morgan fingerprint density at radius 3 is 2.69 bits per heavy atom. The summed E-state index contributed by atoms with van der Waals surface area (Å²) in [6, 6.07) is 0. The number of nitrogens with zero attached hydrogens (tertiary/aromatic N) is 3. The fourth-order valence-corrected chi connectivity index (χ4v) is 1.18. The largest absolute Gasteiger partial charge is 0.382 e. The molecule has 1 rings (SSSR count). The van der Waals surface area contributed by atoms with E-state index in [1.807, 2.05) is 6.26 Å². The van der Waals surface area contributed by atoms with E-state index in [0.717, 1.165) is 0 Å². The number of hydrogen-bond donors (Lipinski definition) is 2. The summed E-state index contributed by atoms with van der Waals surface area (Å²) >= 11 is 1.35. The minimum atomic E-state index is 0.0558. The molecule has 0 fully saturated rings. The highest BCUT2D eigenvalue weighted by Crippen LogP contribution is 2.29. The minimum Gasteiger partial charge on any atom is -0.382 e. The van der Waals surface area contributed by atoms with Crippen molar-refractivity contribution in [1.82, 2.24) is 9.97 Å². The molecule has 70 valence electrons. The van der Waals surface area contributed by atoms with Gasteiger partial charge in [0, 0.05) is 7.05 Å². The first kappa shape index (κ1) is 9.72. The van der Waals surface area contributed by atoms with Crippen molar-refractivity contribution < 1.29 is 0 Å². The number of nitrogen functional groups attached to an aromatic ring is 1. The van der Waals surface area contributed by atoms with Crippen LogP contribution in [0.4, 0.5) is 17.3 Å². The highest BCUT2D eigenvalue weighted by atomic mass is 32.2. The number of anilines is 2. The second kappa shape index (κ2) is 4.04. The van der Waals surface area contributed by atoms with Crippen LogP contribution < -0.4 is 11.1 Å². The second-order valence-corrected chi connectivity index (χ2v) is 2.91. The molecule has 1 aromatic rings. The van der Waals surface area contributed by atoms with Crippen LogP contribution in [0.25, 0.3) is 0 Å². The van der Waals surface area contributed by atoms with Crippen LogP contribution in [0.3, 0.4) is 0 Å². The molecule has 1 heterocycles. The normalized spacial score (nSPS) is 9.69. The number of nitroso groups, excluding NO2 is 1. The topological polar surface area (TPSA) is 93.3 Å². The number of nitrogens with two attached hydrogens (primary N) is 1. The lowest BCUT2D eigenvalue weighted by Gasteiger charge is -2.05. The number of aromatic nitrogens is 2. The molecule has 0 saturated carbocycles. The number of thioether (sulfide) groups is 1. The minimum absolute atomic E-state index is 0.0558. The summed E-state index contributed by atoms with van der Waals surface area (Å²) in [5.41, 5.74) is 5.54. The Labute approximate surface area is 79.3 Å². The highest BCUT2D eigenvalue weighted by molar-refractivity contribution is 7.98. The van der Waals surface area contributed by atoms with Gasteiger partial charge >= 0.3 is 0 Å². The lowest BCUT2D eigenvalue weighted by Crippen LogP contribution is -2.00. The Bertz CT molecular complexity index is 329. The fraction of sp³-hybridized carbons (Fsp3) is 0.333. The zero-order valence-corrected chi connectivity index (χ0v) is 8.05. The predicted molar refractivity (Wildman–Crippen MR) is 53.2 cm³/mol. The highest BCUT2D eigenvalue weighted by Gasteiger charge is 2.10. The van der Waals surface area contributed by atoms with Crippen LogP contribution in [0.15, 0.2) is 10.3 Å². The molecule has 0 bridgehead atoms. The Morgan fingerprint density at radius 2 is 2.23 bits per heavy atom. The van der Waals surface area contributed by atoms with Crippen LogP contribution in [-0.2, 0) is 0 Å². The SMILES string of the molecule is CNc1nc(SC)nc(N)c1N=O. The van der Waals surface area contributed by atoms with Gasteiger partial charge in [-0.25, -0.2) is 9.97 Å². The molecule has 1 aromatic heterocycles. The number of hydrogen-bond acceptors (Lipinski definition) is 7. The van der Waals surface area contributed by atoms with Crippen LogP contribution in [0.5, 0.6) is 0 Å². The Hall–Kier alpha value is -1.37. The maximum Gasteiger partial charge on any atom is 0.192 e. The molecule has 0 aliphatic rings. The van der Waals surface area contributed by atoms with Gasteiger partial charge in [-0.2, -0.15) is 0 Å². The van der Waals surface area contributed by atoms with Crippen molar-refractivity contribution in [1.29, 1.82) is 0 Å². The molecule has 0 amide bonds. The first-order valence-electron chi connectivity index (χ1n) is 3.45. The zero-order chi connectivity index (χ0) is 9.84. The lowest BCUT2D eigenvalue weighted by molar-refractivity contribution is 0.979. The van der Waals surface area contributed by atoms with Gasteiger partial charge in [0.25, 0.3) is 0 Å². The molecule has 7 heteroatoms. The number of nitrogens with one attached hydrogen (secondary N) is 1. The third-order valence-electron chi connectivity index (χ3n) is 1.40. The average Bonchev–Trinajstić information content (AvgIpc) is 2.16. The molecule has 0 aliphatic heterocycles. The quantitative estimate of drug-likeness (QED) is 0.432. The standard InChI is InChI=1S/C6H9N5OS/c1-8-5-3(11-12)4(7)9-6(10-5)13-2/h1-2H3,(H3,7,8,9,10). The Kier molecular flexibility index (Phi) is 3.02. The second-order valence-electron chi connectivity index (χ2n) is 2.13. The first-order valence-corrected chi connectivity index (χ1v) is 4.68. The van der Waals surface area contributed by atoms with Gasteiger partial charge in [0.2, 0.25) is 0 Å². The van der Waals surface area contributed by atoms with Gasteiger partial charge in [-0.1, -0.05) is 11.8 Å². The van der Waals surface area contributed by atoms with E-state index in [1.54, 1.807) is 7.05 Å². The van der Waals surface area contributed by atoms with Crippen LogP contribution in [0.2, 0.25) is 0 Å². The maximum absolute atomic E-state index is 10.3. The van der Waals surface area contributed by atoms with Crippen LogP contribution in [0, 0.1) is 4.91 Å². The van der Waals surface area contributed by atoms with Gasteiger partial charge in [-0.3, -0.25) is 0 Å². The number of rotatable bonds is 3. The van der Waals surface area contributed by atoms with Gasteiger partial charge < -0.3 is 11.1 Å².